The number of esters is 1. The van der Waals surface area contributed by atoms with E-state index in [0.717, 1.165) is 71.7 Å². The summed E-state index contributed by atoms with van der Waals surface area (Å²) in [4.78, 5) is 122. The van der Waals surface area contributed by atoms with Crippen LogP contribution in [0, 0.1) is 19.8 Å². The third-order valence-corrected chi connectivity index (χ3v) is 21.9. The Hall–Kier alpha value is -10.8. The summed E-state index contributed by atoms with van der Waals surface area (Å²) < 4.78 is 54.7. The van der Waals surface area contributed by atoms with Crippen LogP contribution in [0.5, 0.6) is 11.5 Å². The smallest absolute Gasteiger partial charge is 0.350 e. The lowest BCUT2D eigenvalue weighted by molar-refractivity contribution is -0.139. The van der Waals surface area contributed by atoms with E-state index in [1.165, 1.54) is 78.8 Å². The minimum Gasteiger partial charge on any atom is -0.491 e. The van der Waals surface area contributed by atoms with Gasteiger partial charge in [0.2, 0.25) is 15.9 Å². The third kappa shape index (κ3) is 37.8. The van der Waals surface area contributed by atoms with Gasteiger partial charge in [0.1, 0.15) is 56.6 Å². The Morgan fingerprint density at radius 1 is 0.689 bits per heavy atom. The minimum atomic E-state index is -3.86. The van der Waals surface area contributed by atoms with Crippen LogP contribution in [0.3, 0.4) is 0 Å². The van der Waals surface area contributed by atoms with E-state index < -0.39 is 40.3 Å². The van der Waals surface area contributed by atoms with Gasteiger partial charge in [-0.3, -0.25) is 38.3 Å². The van der Waals surface area contributed by atoms with E-state index in [4.69, 9.17) is 50.9 Å². The molecule has 1 atom stereocenters. The number of amides is 1. The number of thiazole rings is 2. The van der Waals surface area contributed by atoms with Crippen molar-refractivity contribution in [3.05, 3.63) is 206 Å². The number of carboxylic acids is 3. The molecule has 1 aliphatic heterocycles. The number of sulfonamides is 1. The molecule has 27 nitrogen and oxygen atoms in total. The van der Waals surface area contributed by atoms with Crippen molar-refractivity contribution in [3.63, 3.8) is 0 Å². The number of halogens is 1. The quantitative estimate of drug-likeness (QED) is 0.0102. The van der Waals surface area contributed by atoms with Crippen molar-refractivity contribution < 1.29 is 95.0 Å². The molecule has 0 aliphatic carbocycles. The number of ketones is 5. The van der Waals surface area contributed by atoms with Gasteiger partial charge in [-0.05, 0) is 176 Å². The summed E-state index contributed by atoms with van der Waals surface area (Å²) in [5.41, 5.74) is 7.43. The molecular formula is C86H100BrN7O20S5. The summed E-state index contributed by atoms with van der Waals surface area (Å²) in [6.07, 6.45) is 7.83. The SMILES string of the molecule is CC(=O)COCC(=O)Nc1ccc2c(c1)oc1ccccc12.CC(=O)CSC(=S)N1CCC(C)CC1.CC(=O)c1ccccc1OCC(=O)O.CC(=O)c1sc(Br)nc1C.CC(C)Oc1ccc(NS(=O)(=O)CC(=O)O)cc1.CCOC(=O)c1sc(NCCCC(C)=O)nc1-c1ccccc1.Cc1ccc(C(CC(=O)O)Cn2cccc2)cc1. The Balaban J connectivity index is 0.000000251. The fourth-order valence-corrected chi connectivity index (χ4v) is 15.1. The number of anilines is 3. The highest BCUT2D eigenvalue weighted by molar-refractivity contribution is 9.11. The second-order valence-electron chi connectivity index (χ2n) is 27.2. The molecule has 4 aromatic heterocycles. The highest BCUT2D eigenvalue weighted by Crippen LogP contribution is 2.34. The number of nitrogens with one attached hydrogen (secondary N) is 3. The maximum Gasteiger partial charge on any atom is 0.350 e. The Kier molecular flexibility index (Phi) is 42.7. The molecule has 11 rings (SSSR count). The second kappa shape index (κ2) is 51.5. The molecule has 119 heavy (non-hydrogen) atoms. The number of aryl methyl sites for hydroxylation is 2. The highest BCUT2D eigenvalue weighted by atomic mass is 79.9. The molecule has 1 saturated heterocycles. The number of carbonyl (C=O) groups is 10. The van der Waals surface area contributed by atoms with Gasteiger partial charge in [0.25, 0.3) is 0 Å². The van der Waals surface area contributed by atoms with Crippen molar-refractivity contribution in [2.24, 2.45) is 5.92 Å². The lowest BCUT2D eigenvalue weighted by Gasteiger charge is -2.31. The van der Waals surface area contributed by atoms with Gasteiger partial charge in [0.15, 0.2) is 38.8 Å². The van der Waals surface area contributed by atoms with Crippen molar-refractivity contribution >= 4 is 174 Å². The maximum absolute atomic E-state index is 12.1. The number of hydrogen-bond acceptors (Lipinski definition) is 24. The Bertz CT molecular complexity index is 5110. The lowest BCUT2D eigenvalue weighted by Crippen LogP contribution is -2.35. The highest BCUT2D eigenvalue weighted by Gasteiger charge is 2.23. The van der Waals surface area contributed by atoms with Gasteiger partial charge in [0.05, 0.1) is 46.7 Å². The number of thiocarbonyl (C=S) groups is 1. The van der Waals surface area contributed by atoms with Crippen molar-refractivity contribution in [2.75, 3.05) is 72.9 Å². The first kappa shape index (κ1) is 98.8. The number of hydrogen-bond donors (Lipinski definition) is 6. The number of nitrogens with zero attached hydrogens (tertiary/aromatic N) is 4. The Labute approximate surface area is 718 Å². The van der Waals surface area contributed by atoms with Crippen molar-refractivity contribution in [1.82, 2.24) is 19.4 Å². The average Bonchev–Trinajstić information content (AvgIpc) is 1.64. The fraction of sp³-hybridized carbons (Fsp3) is 0.337. The van der Waals surface area contributed by atoms with Crippen LogP contribution in [-0.4, -0.2) is 170 Å². The topological polar surface area (TPSA) is 386 Å². The third-order valence-electron chi connectivity index (χ3n) is 16.3. The number of benzene rings is 6. The van der Waals surface area contributed by atoms with E-state index in [2.05, 4.69) is 53.1 Å². The molecule has 10 aromatic rings. The summed E-state index contributed by atoms with van der Waals surface area (Å²) in [6, 6.07) is 47.6. The number of aliphatic carboxylic acids is 3. The Morgan fingerprint density at radius 3 is 1.89 bits per heavy atom. The number of furan rings is 1. The number of piperidine rings is 1. The van der Waals surface area contributed by atoms with Crippen LogP contribution in [0.15, 0.2) is 178 Å². The van der Waals surface area contributed by atoms with Crippen molar-refractivity contribution in [2.45, 2.75) is 127 Å². The van der Waals surface area contributed by atoms with Gasteiger partial charge < -0.3 is 63.6 Å². The number of likely N-dealkylation sites (tertiary alicyclic amines) is 1. The summed E-state index contributed by atoms with van der Waals surface area (Å²) >= 11 is 12.6. The molecule has 0 saturated carbocycles. The van der Waals surface area contributed by atoms with Crippen LogP contribution in [0.1, 0.15) is 147 Å². The van der Waals surface area contributed by atoms with Crippen molar-refractivity contribution in [3.8, 4) is 22.8 Å². The molecule has 0 spiro atoms. The zero-order valence-electron chi connectivity index (χ0n) is 68.0. The van der Waals surface area contributed by atoms with Gasteiger partial charge >= 0.3 is 23.9 Å². The summed E-state index contributed by atoms with van der Waals surface area (Å²) in [7, 11) is -3.86. The molecule has 1 fully saturated rings. The van der Waals surface area contributed by atoms with E-state index in [1.807, 2.05) is 148 Å². The molecule has 1 aliphatic rings. The van der Waals surface area contributed by atoms with Gasteiger partial charge in [-0.15, -0.1) is 11.3 Å². The fourth-order valence-electron chi connectivity index (χ4n) is 10.8. The van der Waals surface area contributed by atoms with E-state index in [0.29, 0.717) is 81.6 Å². The second-order valence-corrected chi connectivity index (χ2v) is 33.8. The van der Waals surface area contributed by atoms with Crippen LogP contribution in [-0.2, 0) is 59.6 Å². The number of carbonyl (C=O) groups excluding carboxylic acids is 7. The number of thioether (sulfide) groups is 1. The van der Waals surface area contributed by atoms with E-state index in [1.54, 1.807) is 70.2 Å². The summed E-state index contributed by atoms with van der Waals surface area (Å²) in [5.74, 6) is -2.39. The number of ether oxygens (including phenoxy) is 4. The molecule has 6 N–H and O–H groups in total. The number of aromatic nitrogens is 3. The van der Waals surface area contributed by atoms with Crippen LogP contribution in [0.4, 0.5) is 16.5 Å². The molecule has 1 unspecified atom stereocenters. The molecular weight excluding hydrogens is 1690 g/mol. The molecule has 1 amide bonds. The minimum absolute atomic E-state index is 0.00972. The Morgan fingerprint density at radius 2 is 1.32 bits per heavy atom. The first-order valence-electron chi connectivity index (χ1n) is 37.6. The van der Waals surface area contributed by atoms with Gasteiger partial charge in [-0.1, -0.05) is 133 Å². The van der Waals surface area contributed by atoms with Crippen molar-refractivity contribution in [1.29, 1.82) is 0 Å². The van der Waals surface area contributed by atoms with E-state index in [9.17, 15) is 56.4 Å². The predicted octanol–water partition coefficient (Wildman–Crippen LogP) is 17.3. The molecule has 6 aromatic carbocycles. The standard InChI is InChI=1S/C17H20N2O3S.C17H15NO4.C15H17NO2.C11H15NO5S.C10H17NOS2.C10H10O4.C6H6BrNOS/c1-3-22-16(21)15-14(13-9-5-4-6-10-13)19-17(23-15)18-11-7-8-12(2)20;1-11(19)9-21-10-17(20)18-12-6-7-14-13-4-2-3-5-15(13)22-16(14)8-12;1-12-4-6-13(7-5-12)14(10-15(17)18)11-16-8-2-3-9-16;1-8(2)17-10-5-3-9(4-6-10)12-18(15,16)7-11(13)14;1-8-3-5-11(6-4-8)10(13)14-7-9(2)12;1-7(11)8-4-2-3-5-9(8)14-6-10(12)13;1-3-5(4(2)9)10-6(7)8-3/h4-6,9-10H,3,7-8,11H2,1-2H3,(H,18,19);2-8H,9-10H2,1H3,(H,18,20);2-9,14H,10-11H2,1H3,(H,17,18);3-6,8,12H,7H2,1-2H3,(H,13,14);8H,3-7H2,1-2H3;2-5H,6H2,1H3,(H,12,13);1-2H3. The molecule has 0 bridgehead atoms. The average molecular weight is 1790 g/mol. The van der Waals surface area contributed by atoms with Crippen LogP contribution >= 0.6 is 62.6 Å². The predicted molar refractivity (Wildman–Crippen MR) is 473 cm³/mol. The zero-order valence-corrected chi connectivity index (χ0v) is 73.7. The van der Waals surface area contributed by atoms with Crippen LogP contribution < -0.4 is 24.8 Å². The zero-order chi connectivity index (χ0) is 87.7. The summed E-state index contributed by atoms with van der Waals surface area (Å²) in [5, 5.41) is 34.4. The normalized spacial score (nSPS) is 11.7. The van der Waals surface area contributed by atoms with E-state index >= 15 is 0 Å². The number of Topliss-reactive ketones (excluding diaryl/α,β-unsaturated/α-hetero) is 5. The molecule has 5 heterocycles. The monoisotopic (exact) mass is 1790 g/mol. The molecule has 0 radical (unpaired) electrons. The van der Waals surface area contributed by atoms with E-state index in [-0.39, 0.29) is 72.4 Å². The van der Waals surface area contributed by atoms with Crippen LogP contribution in [0.25, 0.3) is 33.2 Å². The number of rotatable bonds is 31. The van der Waals surface area contributed by atoms with Gasteiger partial charge in [0, 0.05) is 91.6 Å². The van der Waals surface area contributed by atoms with Crippen LogP contribution in [0.2, 0.25) is 0 Å². The van der Waals surface area contributed by atoms with Gasteiger partial charge in [-0.2, -0.15) is 0 Å². The number of carboxylic acid groups (broad SMARTS) is 3. The number of fused-ring (bicyclic) bond motifs is 3. The lowest BCUT2D eigenvalue weighted by atomic mass is 9.95. The first-order chi connectivity index (χ1) is 56.5. The summed E-state index contributed by atoms with van der Waals surface area (Å²) in [6.45, 7) is 22.4. The molecule has 33 heteroatoms. The first-order valence-corrected chi connectivity index (χ1v) is 43.1. The molecule has 636 valence electrons. The van der Waals surface area contributed by atoms with Gasteiger partial charge in [-0.25, -0.2) is 28.0 Å². The largest absolute Gasteiger partial charge is 0.491 e. The maximum atomic E-state index is 12.1. The number of para-hydroxylation sites is 2.